The molecule has 1 unspecified atom stereocenters. The molecule has 0 spiro atoms. The number of H-pyrrole nitrogens is 1. The molecule has 4 atom stereocenters. The standard InChI is InChI=1S/C32H35N5O3/c1-20(2)15-30(29-5-3-4-14-33-29)34-32(39)22-8-13-28-27(16-22)31(36-35-28)21-6-11-25(12-7-21)40-26-17-23-9-10-24(18-26)37(23)19-38/h3-8,11-14,16,19-20,23-24,26,30H,9-10,15,17-18H2,1-2H3,(H,34,39)(H,35,36)/t23-,24+,26-,30?. The van der Waals surface area contributed by atoms with Crippen LogP contribution in [0.1, 0.15) is 68.0 Å². The number of nitrogens with zero attached hydrogens (tertiary/aromatic N) is 3. The third-order valence-electron chi connectivity index (χ3n) is 8.18. The molecule has 2 fully saturated rings. The lowest BCUT2D eigenvalue weighted by molar-refractivity contribution is -0.123. The smallest absolute Gasteiger partial charge is 0.251 e. The lowest BCUT2D eigenvalue weighted by Crippen LogP contribution is -2.45. The van der Waals surface area contributed by atoms with Gasteiger partial charge in [0.2, 0.25) is 6.41 Å². The van der Waals surface area contributed by atoms with Crippen molar-refractivity contribution in [3.8, 4) is 17.0 Å². The Morgan fingerprint density at radius 3 is 2.55 bits per heavy atom. The molecule has 2 aliphatic rings. The molecule has 2 aromatic carbocycles. The van der Waals surface area contributed by atoms with Crippen LogP contribution < -0.4 is 10.1 Å². The third-order valence-corrected chi connectivity index (χ3v) is 8.18. The Kier molecular flexibility index (Phi) is 7.24. The number of hydrogen-bond donors (Lipinski definition) is 2. The number of rotatable bonds is 9. The summed E-state index contributed by atoms with van der Waals surface area (Å²) >= 11 is 0. The Hall–Kier alpha value is -4.20. The first-order valence-corrected chi connectivity index (χ1v) is 14.2. The summed E-state index contributed by atoms with van der Waals surface area (Å²) in [7, 11) is 0. The topological polar surface area (TPSA) is 100 Å². The number of carbonyl (C=O) groups is 2. The molecule has 0 aliphatic carbocycles. The molecule has 40 heavy (non-hydrogen) atoms. The van der Waals surface area contributed by atoms with E-state index in [-0.39, 0.29) is 18.1 Å². The molecule has 0 saturated carbocycles. The van der Waals surface area contributed by atoms with Crippen LogP contribution in [0.25, 0.3) is 22.2 Å². The number of nitrogens with one attached hydrogen (secondary N) is 2. The minimum Gasteiger partial charge on any atom is -0.490 e. The zero-order chi connectivity index (χ0) is 27.6. The summed E-state index contributed by atoms with van der Waals surface area (Å²) in [6.07, 6.45) is 7.57. The van der Waals surface area contributed by atoms with Crippen molar-refractivity contribution in [2.45, 2.75) is 70.2 Å². The second-order valence-electron chi connectivity index (χ2n) is 11.4. The van der Waals surface area contributed by atoms with Crippen LogP contribution in [0.2, 0.25) is 0 Å². The fourth-order valence-electron chi connectivity index (χ4n) is 6.24. The van der Waals surface area contributed by atoms with Crippen LogP contribution >= 0.6 is 0 Å². The monoisotopic (exact) mass is 537 g/mol. The third kappa shape index (κ3) is 5.30. The molecule has 2 bridgehead atoms. The maximum atomic E-state index is 13.3. The number of pyridine rings is 1. The molecule has 2 aromatic heterocycles. The number of hydrogen-bond acceptors (Lipinski definition) is 5. The van der Waals surface area contributed by atoms with Crippen LogP contribution in [0, 0.1) is 5.92 Å². The zero-order valence-corrected chi connectivity index (χ0v) is 22.9. The molecular formula is C32H35N5O3. The average Bonchev–Trinajstić information content (AvgIpc) is 3.50. The van der Waals surface area contributed by atoms with Gasteiger partial charge in [0, 0.05) is 47.6 Å². The Morgan fingerprint density at radius 2 is 1.88 bits per heavy atom. The van der Waals surface area contributed by atoms with E-state index in [9.17, 15) is 9.59 Å². The van der Waals surface area contributed by atoms with Gasteiger partial charge in [-0.05, 0) is 79.8 Å². The van der Waals surface area contributed by atoms with E-state index in [2.05, 4.69) is 34.3 Å². The molecule has 8 nitrogen and oxygen atoms in total. The summed E-state index contributed by atoms with van der Waals surface area (Å²) in [4.78, 5) is 31.2. The number of benzene rings is 2. The number of fused-ring (bicyclic) bond motifs is 3. The second-order valence-corrected chi connectivity index (χ2v) is 11.4. The van der Waals surface area contributed by atoms with Gasteiger partial charge in [0.1, 0.15) is 11.9 Å². The molecule has 2 N–H and O–H groups in total. The predicted octanol–water partition coefficient (Wildman–Crippen LogP) is 5.67. The molecule has 2 amide bonds. The highest BCUT2D eigenvalue weighted by atomic mass is 16.5. The lowest BCUT2D eigenvalue weighted by Gasteiger charge is -2.36. The van der Waals surface area contributed by atoms with E-state index in [0.717, 1.165) is 72.1 Å². The summed E-state index contributed by atoms with van der Waals surface area (Å²) in [5, 5.41) is 11.7. The second kappa shape index (κ2) is 11.1. The van der Waals surface area contributed by atoms with Crippen molar-refractivity contribution in [2.75, 3.05) is 0 Å². The molecule has 2 saturated heterocycles. The molecule has 2 aliphatic heterocycles. The fraction of sp³-hybridized carbons (Fsp3) is 0.375. The van der Waals surface area contributed by atoms with Crippen molar-refractivity contribution < 1.29 is 14.3 Å². The van der Waals surface area contributed by atoms with Crippen LogP contribution in [0.5, 0.6) is 5.75 Å². The SMILES string of the molecule is CC(C)CC(NC(=O)c1ccc2[nH]nc(-c3ccc(O[C@@H]4C[C@H]5CC[C@@H](C4)N5C=O)cc3)c2c1)c1ccccn1. The quantitative estimate of drug-likeness (QED) is 0.268. The molecular weight excluding hydrogens is 502 g/mol. The zero-order valence-electron chi connectivity index (χ0n) is 22.9. The highest BCUT2D eigenvalue weighted by molar-refractivity contribution is 6.01. The average molecular weight is 538 g/mol. The molecule has 0 radical (unpaired) electrons. The molecule has 4 heterocycles. The van der Waals surface area contributed by atoms with Crippen molar-refractivity contribution >= 4 is 23.2 Å². The summed E-state index contributed by atoms with van der Waals surface area (Å²) in [6, 6.07) is 19.8. The van der Waals surface area contributed by atoms with Gasteiger partial charge in [0.15, 0.2) is 0 Å². The van der Waals surface area contributed by atoms with E-state index in [4.69, 9.17) is 4.74 Å². The minimum absolute atomic E-state index is 0.123. The van der Waals surface area contributed by atoms with Crippen molar-refractivity contribution in [1.29, 1.82) is 0 Å². The Labute approximate surface area is 234 Å². The highest BCUT2D eigenvalue weighted by Crippen LogP contribution is 2.36. The molecule has 4 aromatic rings. The van der Waals surface area contributed by atoms with Crippen LogP contribution in [0.4, 0.5) is 0 Å². The summed E-state index contributed by atoms with van der Waals surface area (Å²) < 4.78 is 6.31. The van der Waals surface area contributed by atoms with Gasteiger partial charge in [-0.15, -0.1) is 0 Å². The van der Waals surface area contributed by atoms with Crippen molar-refractivity contribution in [2.24, 2.45) is 5.92 Å². The van der Waals surface area contributed by atoms with Gasteiger partial charge < -0.3 is 15.0 Å². The van der Waals surface area contributed by atoms with E-state index in [1.54, 1.807) is 6.20 Å². The highest BCUT2D eigenvalue weighted by Gasteiger charge is 2.40. The normalized spacial score (nSPS) is 21.0. The fourth-order valence-corrected chi connectivity index (χ4v) is 6.24. The van der Waals surface area contributed by atoms with Crippen LogP contribution in [-0.4, -0.2) is 50.6 Å². The number of carbonyl (C=O) groups excluding carboxylic acids is 2. The van der Waals surface area contributed by atoms with Gasteiger partial charge in [-0.2, -0.15) is 5.10 Å². The van der Waals surface area contributed by atoms with Gasteiger partial charge >= 0.3 is 0 Å². The first-order chi connectivity index (χ1) is 19.5. The first-order valence-electron chi connectivity index (χ1n) is 14.2. The largest absolute Gasteiger partial charge is 0.490 e. The van der Waals surface area contributed by atoms with Crippen molar-refractivity contribution in [3.63, 3.8) is 0 Å². The van der Waals surface area contributed by atoms with Crippen LogP contribution in [0.15, 0.2) is 66.9 Å². The van der Waals surface area contributed by atoms with Gasteiger partial charge in [0.25, 0.3) is 5.91 Å². The number of amides is 2. The number of piperidine rings is 1. The van der Waals surface area contributed by atoms with E-state index in [1.807, 2.05) is 65.6 Å². The first kappa shape index (κ1) is 26.0. The van der Waals surface area contributed by atoms with Crippen molar-refractivity contribution in [1.82, 2.24) is 25.4 Å². The Balaban J connectivity index is 1.18. The van der Waals surface area contributed by atoms with Gasteiger partial charge in [-0.3, -0.25) is 19.7 Å². The maximum absolute atomic E-state index is 13.3. The Morgan fingerprint density at radius 1 is 1.10 bits per heavy atom. The van der Waals surface area contributed by atoms with Crippen molar-refractivity contribution in [3.05, 3.63) is 78.1 Å². The predicted molar refractivity (Wildman–Crippen MR) is 154 cm³/mol. The summed E-state index contributed by atoms with van der Waals surface area (Å²) in [5.74, 6) is 1.09. The van der Waals surface area contributed by atoms with Gasteiger partial charge in [-0.1, -0.05) is 19.9 Å². The summed E-state index contributed by atoms with van der Waals surface area (Å²) in [5.41, 5.74) is 4.04. The maximum Gasteiger partial charge on any atom is 0.251 e. The molecule has 206 valence electrons. The van der Waals surface area contributed by atoms with Crippen LogP contribution in [-0.2, 0) is 4.79 Å². The summed E-state index contributed by atoms with van der Waals surface area (Å²) in [6.45, 7) is 4.28. The number of aromatic amines is 1. The van der Waals surface area contributed by atoms with Crippen LogP contribution in [0.3, 0.4) is 0 Å². The van der Waals surface area contributed by atoms with E-state index in [0.29, 0.717) is 23.6 Å². The van der Waals surface area contributed by atoms with E-state index < -0.39 is 0 Å². The van der Waals surface area contributed by atoms with E-state index >= 15 is 0 Å². The minimum atomic E-state index is -0.165. The molecule has 8 heteroatoms. The van der Waals surface area contributed by atoms with E-state index in [1.165, 1.54) is 0 Å². The molecule has 6 rings (SSSR count). The number of aromatic nitrogens is 3. The number of ether oxygens (including phenoxy) is 1. The van der Waals surface area contributed by atoms with Gasteiger partial charge in [0.05, 0.1) is 22.9 Å². The lowest BCUT2D eigenvalue weighted by atomic mass is 9.99. The van der Waals surface area contributed by atoms with Gasteiger partial charge in [-0.25, -0.2) is 0 Å². The Bertz CT molecular complexity index is 1470.